The number of hydrogen-bond donors (Lipinski definition) is 2. The van der Waals surface area contributed by atoms with E-state index in [-0.39, 0.29) is 0 Å². The Morgan fingerprint density at radius 1 is 0.815 bits per heavy atom. The van der Waals surface area contributed by atoms with Crippen LogP contribution in [0.5, 0.6) is 0 Å². The van der Waals surface area contributed by atoms with E-state index in [0.29, 0.717) is 5.96 Å². The minimum atomic E-state index is 0.346. The molecule has 0 bridgehead atoms. The van der Waals surface area contributed by atoms with E-state index in [2.05, 4.69) is 72.1 Å². The van der Waals surface area contributed by atoms with Crippen molar-refractivity contribution in [2.75, 3.05) is 17.3 Å². The first kappa shape index (κ1) is 15.6. The predicted molar refractivity (Wildman–Crippen MR) is 117 cm³/mol. The third-order valence-electron chi connectivity index (χ3n) is 5.23. The van der Waals surface area contributed by atoms with E-state index in [9.17, 15) is 0 Å². The first-order chi connectivity index (χ1) is 13.2. The Balaban J connectivity index is 1.47. The van der Waals surface area contributed by atoms with Gasteiger partial charge in [0.2, 0.25) is 0 Å². The van der Waals surface area contributed by atoms with Gasteiger partial charge < -0.3 is 10.2 Å². The molecule has 1 aliphatic rings. The highest BCUT2D eigenvalue weighted by Gasteiger charge is 2.17. The van der Waals surface area contributed by atoms with Gasteiger partial charge in [-0.1, -0.05) is 66.7 Å². The highest BCUT2D eigenvalue weighted by Crippen LogP contribution is 2.37. The number of benzene rings is 4. The van der Waals surface area contributed by atoms with Gasteiger partial charge in [-0.05, 0) is 45.3 Å². The zero-order valence-corrected chi connectivity index (χ0v) is 15.0. The third kappa shape index (κ3) is 2.56. The number of fused-ring (bicyclic) bond motifs is 1. The molecule has 4 aromatic rings. The normalized spacial score (nSPS) is 11.9. The molecular weight excluding hydrogens is 330 g/mol. The van der Waals surface area contributed by atoms with Gasteiger partial charge >= 0.3 is 0 Å². The van der Waals surface area contributed by atoms with Crippen LogP contribution >= 0.6 is 0 Å². The molecule has 4 aromatic carbocycles. The molecule has 0 fully saturated rings. The van der Waals surface area contributed by atoms with Crippen molar-refractivity contribution in [1.29, 1.82) is 5.41 Å². The van der Waals surface area contributed by atoms with Crippen molar-refractivity contribution in [2.24, 2.45) is 0 Å². The van der Waals surface area contributed by atoms with Crippen LogP contribution < -0.4 is 10.2 Å². The van der Waals surface area contributed by atoms with E-state index in [1.54, 1.807) is 0 Å². The Hall–Kier alpha value is -3.59. The quantitative estimate of drug-likeness (QED) is 0.305. The molecule has 0 heterocycles. The van der Waals surface area contributed by atoms with Gasteiger partial charge in [0.1, 0.15) is 0 Å². The van der Waals surface area contributed by atoms with Crippen LogP contribution in [0.25, 0.3) is 33.7 Å². The molecule has 5 rings (SSSR count). The summed E-state index contributed by atoms with van der Waals surface area (Å²) in [5, 5.41) is 16.7. The Labute approximate surface area is 158 Å². The zero-order chi connectivity index (χ0) is 18.4. The molecule has 3 nitrogen and oxygen atoms in total. The van der Waals surface area contributed by atoms with Gasteiger partial charge in [0, 0.05) is 18.3 Å². The minimum absolute atomic E-state index is 0.346. The second kappa shape index (κ2) is 5.99. The smallest absolute Gasteiger partial charge is 0.199 e. The van der Waals surface area contributed by atoms with Crippen LogP contribution in [-0.2, 0) is 0 Å². The van der Waals surface area contributed by atoms with E-state index in [4.69, 9.17) is 5.41 Å². The van der Waals surface area contributed by atoms with Crippen molar-refractivity contribution in [3.05, 3.63) is 83.9 Å². The molecular formula is C24H19N3. The van der Waals surface area contributed by atoms with Crippen LogP contribution in [0.4, 0.5) is 11.4 Å². The predicted octanol–water partition coefficient (Wildman–Crippen LogP) is 5.96. The molecule has 0 aromatic heterocycles. The summed E-state index contributed by atoms with van der Waals surface area (Å²) in [6.45, 7) is 0. The van der Waals surface area contributed by atoms with Gasteiger partial charge in [0.05, 0.1) is 5.69 Å². The Bertz CT molecular complexity index is 1240. The molecule has 0 atom stereocenters. The lowest BCUT2D eigenvalue weighted by molar-refractivity contribution is 1.21. The van der Waals surface area contributed by atoms with Crippen LogP contribution in [0.2, 0.25) is 0 Å². The van der Waals surface area contributed by atoms with Gasteiger partial charge in [-0.15, -0.1) is 0 Å². The molecule has 0 amide bonds. The average molecular weight is 349 g/mol. The summed E-state index contributed by atoms with van der Waals surface area (Å²) in [6.07, 6.45) is 4.29. The zero-order valence-electron chi connectivity index (χ0n) is 15.0. The maximum absolute atomic E-state index is 8.57. The van der Waals surface area contributed by atoms with E-state index >= 15 is 0 Å². The molecule has 0 spiro atoms. The molecule has 130 valence electrons. The maximum Gasteiger partial charge on any atom is 0.199 e. The molecule has 1 aliphatic carbocycles. The first-order valence-electron chi connectivity index (χ1n) is 9.03. The van der Waals surface area contributed by atoms with Crippen molar-refractivity contribution in [3.8, 4) is 0 Å². The standard InChI is InChI=1S/C24H19N3/c1-27(22-14-11-18-8-4-7-17-10-13-21(22)23(17)18)24(25)26-20-12-9-16-5-2-3-6-19(16)15-20/h2-15H,1H3,(H2,25,26). The molecule has 0 unspecified atom stereocenters. The molecule has 3 heteroatoms. The lowest BCUT2D eigenvalue weighted by atomic mass is 10.0. The SMILES string of the molecule is CN(C(=N)Nc1ccc2ccccc2c1)c1ccc2cccc3c2c1C=C3. The number of nitrogens with zero attached hydrogens (tertiary/aromatic N) is 1. The number of guanidine groups is 1. The van der Waals surface area contributed by atoms with Gasteiger partial charge in [-0.2, -0.15) is 0 Å². The highest BCUT2D eigenvalue weighted by molar-refractivity contribution is 6.12. The van der Waals surface area contributed by atoms with Gasteiger partial charge in [-0.3, -0.25) is 5.41 Å². The second-order valence-electron chi connectivity index (χ2n) is 6.87. The molecule has 0 radical (unpaired) electrons. The fraction of sp³-hybridized carbons (Fsp3) is 0.0417. The number of rotatable bonds is 2. The Kier molecular flexibility index (Phi) is 3.47. The second-order valence-corrected chi connectivity index (χ2v) is 6.87. The molecule has 0 aliphatic heterocycles. The van der Waals surface area contributed by atoms with Crippen LogP contribution in [0.15, 0.2) is 72.8 Å². The monoisotopic (exact) mass is 349 g/mol. The van der Waals surface area contributed by atoms with Crippen molar-refractivity contribution in [2.45, 2.75) is 0 Å². The summed E-state index contributed by atoms with van der Waals surface area (Å²) >= 11 is 0. The lowest BCUT2D eigenvalue weighted by Crippen LogP contribution is -2.32. The lowest BCUT2D eigenvalue weighted by Gasteiger charge is -2.23. The van der Waals surface area contributed by atoms with Gasteiger partial charge in [0.15, 0.2) is 5.96 Å². The fourth-order valence-corrected chi connectivity index (χ4v) is 3.81. The Morgan fingerprint density at radius 2 is 1.59 bits per heavy atom. The summed E-state index contributed by atoms with van der Waals surface area (Å²) in [5.41, 5.74) is 4.36. The number of nitrogens with one attached hydrogen (secondary N) is 2. The topological polar surface area (TPSA) is 39.1 Å². The van der Waals surface area contributed by atoms with E-state index in [1.807, 2.05) is 30.1 Å². The number of anilines is 2. The Morgan fingerprint density at radius 3 is 2.48 bits per heavy atom. The first-order valence-corrected chi connectivity index (χ1v) is 9.03. The molecule has 0 saturated heterocycles. The molecule has 27 heavy (non-hydrogen) atoms. The molecule has 0 saturated carbocycles. The van der Waals surface area contributed by atoms with Crippen molar-refractivity contribution in [1.82, 2.24) is 0 Å². The average Bonchev–Trinajstić information content (AvgIpc) is 3.14. The maximum atomic E-state index is 8.57. The largest absolute Gasteiger partial charge is 0.326 e. The van der Waals surface area contributed by atoms with Crippen LogP contribution in [-0.4, -0.2) is 13.0 Å². The summed E-state index contributed by atoms with van der Waals surface area (Å²) in [7, 11) is 1.93. The summed E-state index contributed by atoms with van der Waals surface area (Å²) in [5.74, 6) is 0.346. The summed E-state index contributed by atoms with van der Waals surface area (Å²) in [4.78, 5) is 1.90. The van der Waals surface area contributed by atoms with Crippen molar-refractivity contribution in [3.63, 3.8) is 0 Å². The van der Waals surface area contributed by atoms with E-state index in [1.165, 1.54) is 27.3 Å². The molecule has 2 N–H and O–H groups in total. The van der Waals surface area contributed by atoms with Crippen LogP contribution in [0, 0.1) is 5.41 Å². The van der Waals surface area contributed by atoms with Crippen molar-refractivity contribution >= 4 is 51.0 Å². The minimum Gasteiger partial charge on any atom is -0.326 e. The summed E-state index contributed by atoms with van der Waals surface area (Å²) in [6, 6.07) is 25.0. The van der Waals surface area contributed by atoms with E-state index in [0.717, 1.165) is 16.8 Å². The van der Waals surface area contributed by atoms with Gasteiger partial charge in [0.25, 0.3) is 0 Å². The summed E-state index contributed by atoms with van der Waals surface area (Å²) < 4.78 is 0. The third-order valence-corrected chi connectivity index (χ3v) is 5.23. The van der Waals surface area contributed by atoms with E-state index < -0.39 is 0 Å². The van der Waals surface area contributed by atoms with Crippen molar-refractivity contribution < 1.29 is 0 Å². The van der Waals surface area contributed by atoms with Gasteiger partial charge in [-0.25, -0.2) is 0 Å². The number of hydrogen-bond acceptors (Lipinski definition) is 1. The van der Waals surface area contributed by atoms with Crippen LogP contribution in [0.3, 0.4) is 0 Å². The fourth-order valence-electron chi connectivity index (χ4n) is 3.81. The van der Waals surface area contributed by atoms with Crippen LogP contribution in [0.1, 0.15) is 11.1 Å². The highest BCUT2D eigenvalue weighted by atomic mass is 15.3.